The van der Waals surface area contributed by atoms with E-state index >= 15 is 0 Å². The Morgan fingerprint density at radius 2 is 2.14 bits per heavy atom. The van der Waals surface area contributed by atoms with Gasteiger partial charge in [-0.1, -0.05) is 32.0 Å². The highest BCUT2D eigenvalue weighted by Gasteiger charge is 2.22. The van der Waals surface area contributed by atoms with E-state index in [4.69, 9.17) is 0 Å². The summed E-state index contributed by atoms with van der Waals surface area (Å²) in [6.45, 7) is 7.14. The summed E-state index contributed by atoms with van der Waals surface area (Å²) in [5, 5.41) is 3.49. The summed E-state index contributed by atoms with van der Waals surface area (Å²) in [6, 6.07) is 10.6. The highest BCUT2D eigenvalue weighted by atomic mass is 32.2. The van der Waals surface area contributed by atoms with Crippen LogP contribution in [0.3, 0.4) is 0 Å². The number of nitrogens with zero attached hydrogens (tertiary/aromatic N) is 1. The third-order valence-electron chi connectivity index (χ3n) is 3.65. The predicted molar refractivity (Wildman–Crippen MR) is 89.6 cm³/mol. The lowest BCUT2D eigenvalue weighted by atomic mass is 10.1. The van der Waals surface area contributed by atoms with Crippen molar-refractivity contribution in [2.75, 3.05) is 25.4 Å². The average molecular weight is 306 g/mol. The second kappa shape index (κ2) is 8.44. The minimum absolute atomic E-state index is 0.256. The van der Waals surface area contributed by atoms with Crippen LogP contribution in [0.5, 0.6) is 0 Å². The summed E-state index contributed by atoms with van der Waals surface area (Å²) in [5.74, 6) is 1.30. The molecular weight excluding hydrogens is 280 g/mol. The first kappa shape index (κ1) is 16.4. The first-order chi connectivity index (χ1) is 10.1. The Balaban J connectivity index is 1.87. The number of carbonyl (C=O) groups excluding carboxylic acids is 1. The first-order valence-electron chi connectivity index (χ1n) is 7.84. The van der Waals surface area contributed by atoms with Gasteiger partial charge in [0, 0.05) is 24.0 Å². The van der Waals surface area contributed by atoms with E-state index in [1.54, 1.807) is 11.8 Å². The largest absolute Gasteiger partial charge is 0.340 e. The number of hydrogen-bond acceptors (Lipinski definition) is 3. The van der Waals surface area contributed by atoms with Gasteiger partial charge >= 0.3 is 0 Å². The number of benzene rings is 1. The van der Waals surface area contributed by atoms with Gasteiger partial charge in [0.15, 0.2) is 0 Å². The van der Waals surface area contributed by atoms with Crippen molar-refractivity contribution in [2.24, 2.45) is 5.92 Å². The van der Waals surface area contributed by atoms with Crippen LogP contribution in [0, 0.1) is 5.92 Å². The monoisotopic (exact) mass is 306 g/mol. The second-order valence-electron chi connectivity index (χ2n) is 6.09. The van der Waals surface area contributed by atoms with Gasteiger partial charge in [0.1, 0.15) is 0 Å². The standard InChI is InChI=1S/C17H26N2OS/c1-14(2)11-19(12-15-7-6-10-18-15)17(20)13-21-16-8-4-3-5-9-16/h3-5,8-9,14-15,18H,6-7,10-13H2,1-2H3. The van der Waals surface area contributed by atoms with Gasteiger partial charge < -0.3 is 10.2 Å². The van der Waals surface area contributed by atoms with Crippen molar-refractivity contribution in [3.63, 3.8) is 0 Å². The third kappa shape index (κ3) is 5.71. The van der Waals surface area contributed by atoms with Crippen molar-refractivity contribution in [3.05, 3.63) is 30.3 Å². The van der Waals surface area contributed by atoms with Crippen LogP contribution in [0.2, 0.25) is 0 Å². The second-order valence-corrected chi connectivity index (χ2v) is 7.14. The van der Waals surface area contributed by atoms with E-state index < -0.39 is 0 Å². The van der Waals surface area contributed by atoms with Gasteiger partial charge in [-0.2, -0.15) is 0 Å². The zero-order chi connectivity index (χ0) is 15.1. The zero-order valence-corrected chi connectivity index (χ0v) is 13.9. The van der Waals surface area contributed by atoms with Crippen LogP contribution in [0.15, 0.2) is 35.2 Å². The smallest absolute Gasteiger partial charge is 0.232 e. The third-order valence-corrected chi connectivity index (χ3v) is 4.64. The number of thioether (sulfide) groups is 1. The molecule has 1 atom stereocenters. The van der Waals surface area contributed by atoms with Crippen molar-refractivity contribution in [3.8, 4) is 0 Å². The summed E-state index contributed by atoms with van der Waals surface area (Å²) in [4.78, 5) is 15.7. The number of rotatable bonds is 7. The summed E-state index contributed by atoms with van der Waals surface area (Å²) < 4.78 is 0. The molecule has 0 aliphatic carbocycles. The fourth-order valence-corrected chi connectivity index (χ4v) is 3.47. The molecule has 1 aliphatic rings. The van der Waals surface area contributed by atoms with Crippen LogP contribution in [0.1, 0.15) is 26.7 Å². The average Bonchev–Trinajstić information content (AvgIpc) is 2.98. The zero-order valence-electron chi connectivity index (χ0n) is 13.0. The number of hydrogen-bond donors (Lipinski definition) is 1. The quantitative estimate of drug-likeness (QED) is 0.786. The van der Waals surface area contributed by atoms with Crippen LogP contribution in [-0.4, -0.2) is 42.2 Å². The van der Waals surface area contributed by atoms with Gasteiger partial charge in [-0.3, -0.25) is 4.79 Å². The number of amides is 1. The molecule has 2 rings (SSSR count). The fourth-order valence-electron chi connectivity index (χ4n) is 2.65. The molecule has 1 aromatic carbocycles. The van der Waals surface area contributed by atoms with E-state index in [2.05, 4.69) is 31.3 Å². The molecule has 1 fully saturated rings. The highest BCUT2D eigenvalue weighted by molar-refractivity contribution is 8.00. The maximum Gasteiger partial charge on any atom is 0.232 e. The van der Waals surface area contributed by atoms with Crippen molar-refractivity contribution in [1.29, 1.82) is 0 Å². The Labute approximate surface area is 132 Å². The van der Waals surface area contributed by atoms with Gasteiger partial charge in [0.2, 0.25) is 5.91 Å². The molecule has 0 spiro atoms. The molecule has 0 aromatic heterocycles. The van der Waals surface area contributed by atoms with Gasteiger partial charge in [0.05, 0.1) is 5.75 Å². The Hall–Kier alpha value is -1.00. The maximum atomic E-state index is 12.5. The van der Waals surface area contributed by atoms with E-state index in [0.717, 1.165) is 24.5 Å². The molecule has 3 nitrogen and oxygen atoms in total. The Kier molecular flexibility index (Phi) is 6.58. The minimum atomic E-state index is 0.256. The van der Waals surface area contributed by atoms with Crippen molar-refractivity contribution in [2.45, 2.75) is 37.6 Å². The summed E-state index contributed by atoms with van der Waals surface area (Å²) in [5.41, 5.74) is 0. The normalized spacial score (nSPS) is 18.1. The molecule has 1 aromatic rings. The summed E-state index contributed by atoms with van der Waals surface area (Å²) in [6.07, 6.45) is 2.42. The van der Waals surface area contributed by atoms with Crippen molar-refractivity contribution >= 4 is 17.7 Å². The molecule has 0 radical (unpaired) electrons. The Morgan fingerprint density at radius 3 is 2.76 bits per heavy atom. The fraction of sp³-hybridized carbons (Fsp3) is 0.588. The molecule has 0 saturated carbocycles. The van der Waals surface area contributed by atoms with Crippen molar-refractivity contribution < 1.29 is 4.79 Å². The molecule has 4 heteroatoms. The molecule has 21 heavy (non-hydrogen) atoms. The minimum Gasteiger partial charge on any atom is -0.340 e. The Morgan fingerprint density at radius 1 is 1.38 bits per heavy atom. The molecule has 1 saturated heterocycles. The van der Waals surface area contributed by atoms with E-state index in [9.17, 15) is 4.79 Å². The number of carbonyl (C=O) groups is 1. The van der Waals surface area contributed by atoms with Crippen LogP contribution >= 0.6 is 11.8 Å². The molecule has 1 amide bonds. The van der Waals surface area contributed by atoms with E-state index in [-0.39, 0.29) is 5.91 Å². The molecule has 116 valence electrons. The molecule has 1 N–H and O–H groups in total. The van der Waals surface area contributed by atoms with Gasteiger partial charge in [-0.15, -0.1) is 11.8 Å². The van der Waals surface area contributed by atoms with Crippen LogP contribution in [0.25, 0.3) is 0 Å². The first-order valence-corrected chi connectivity index (χ1v) is 8.82. The van der Waals surface area contributed by atoms with Crippen molar-refractivity contribution in [1.82, 2.24) is 10.2 Å². The summed E-state index contributed by atoms with van der Waals surface area (Å²) in [7, 11) is 0. The summed E-state index contributed by atoms with van der Waals surface area (Å²) >= 11 is 1.63. The van der Waals surface area contributed by atoms with Crippen LogP contribution < -0.4 is 5.32 Å². The number of nitrogens with one attached hydrogen (secondary N) is 1. The maximum absolute atomic E-state index is 12.5. The van der Waals surface area contributed by atoms with Crippen LogP contribution in [-0.2, 0) is 4.79 Å². The highest BCUT2D eigenvalue weighted by Crippen LogP contribution is 2.18. The Bertz CT molecular complexity index is 430. The molecule has 0 bridgehead atoms. The topological polar surface area (TPSA) is 32.3 Å². The predicted octanol–water partition coefficient (Wildman–Crippen LogP) is 3.02. The van der Waals surface area contributed by atoms with E-state index in [1.807, 2.05) is 23.1 Å². The van der Waals surface area contributed by atoms with Gasteiger partial charge in [-0.25, -0.2) is 0 Å². The lowest BCUT2D eigenvalue weighted by Gasteiger charge is -2.27. The molecular formula is C17H26N2OS. The lowest BCUT2D eigenvalue weighted by molar-refractivity contribution is -0.129. The molecule has 1 unspecified atom stereocenters. The molecule has 1 aliphatic heterocycles. The van der Waals surface area contributed by atoms with E-state index in [0.29, 0.717) is 17.7 Å². The van der Waals surface area contributed by atoms with Crippen LogP contribution in [0.4, 0.5) is 0 Å². The van der Waals surface area contributed by atoms with Gasteiger partial charge in [-0.05, 0) is 37.4 Å². The van der Waals surface area contributed by atoms with Gasteiger partial charge in [0.25, 0.3) is 0 Å². The SMILES string of the molecule is CC(C)CN(CC1CCCN1)C(=O)CSc1ccccc1. The lowest BCUT2D eigenvalue weighted by Crippen LogP contribution is -2.43. The van der Waals surface area contributed by atoms with E-state index in [1.165, 1.54) is 12.8 Å². The molecule has 1 heterocycles.